The zero-order chi connectivity index (χ0) is 20.3. The van der Waals surface area contributed by atoms with Crippen LogP contribution in [0, 0.1) is 6.92 Å². The second-order valence-corrected chi connectivity index (χ2v) is 10.1. The molecule has 0 aliphatic rings. The van der Waals surface area contributed by atoms with Crippen molar-refractivity contribution in [3.05, 3.63) is 48.0 Å². The molecule has 3 rings (SSSR count). The molecular formula is C21H23NO4S2. The van der Waals surface area contributed by atoms with E-state index < -0.39 is 9.84 Å². The predicted molar refractivity (Wildman–Crippen MR) is 114 cm³/mol. The highest BCUT2D eigenvalue weighted by molar-refractivity contribution is 7.93. The lowest BCUT2D eigenvalue weighted by atomic mass is 9.99. The number of nitrogens with two attached hydrogens (primary N) is 1. The van der Waals surface area contributed by atoms with Gasteiger partial charge in [0.2, 0.25) is 0 Å². The Hall–Kier alpha value is -2.38. The largest absolute Gasteiger partial charge is 0.466 e. The zero-order valence-corrected chi connectivity index (χ0v) is 17.5. The minimum absolute atomic E-state index is 0.0229. The van der Waals surface area contributed by atoms with E-state index in [9.17, 15) is 13.2 Å². The number of esters is 1. The van der Waals surface area contributed by atoms with Gasteiger partial charge < -0.3 is 10.5 Å². The first-order valence-corrected chi connectivity index (χ1v) is 11.5. The summed E-state index contributed by atoms with van der Waals surface area (Å²) in [6.07, 6.45) is 0.909. The first-order valence-electron chi connectivity index (χ1n) is 9.04. The molecule has 0 atom stereocenters. The standard InChI is InChI=1S/C21H23NO4S2/c1-14-12-17(16-8-4-3-5-9-16)19-18(13-14)27-21(20(19)22)28(24,25)11-7-6-10-26-15(2)23/h3-5,8-9,12-13H,6-7,10-11,22H2,1-2H3. The second kappa shape index (κ2) is 8.32. The summed E-state index contributed by atoms with van der Waals surface area (Å²) >= 11 is 1.22. The van der Waals surface area contributed by atoms with Crippen molar-refractivity contribution in [2.24, 2.45) is 0 Å². The number of hydrogen-bond acceptors (Lipinski definition) is 6. The van der Waals surface area contributed by atoms with Crippen molar-refractivity contribution < 1.29 is 17.9 Å². The fraction of sp³-hybridized carbons (Fsp3) is 0.286. The molecule has 0 saturated carbocycles. The van der Waals surface area contributed by atoms with E-state index in [1.54, 1.807) is 0 Å². The van der Waals surface area contributed by atoms with Gasteiger partial charge in [0, 0.05) is 17.0 Å². The lowest BCUT2D eigenvalue weighted by Crippen LogP contribution is -2.09. The van der Waals surface area contributed by atoms with Crippen LogP contribution in [-0.4, -0.2) is 26.7 Å². The van der Waals surface area contributed by atoms with Gasteiger partial charge >= 0.3 is 5.97 Å². The summed E-state index contributed by atoms with van der Waals surface area (Å²) in [5.74, 6) is -0.384. The third-order valence-corrected chi connectivity index (χ3v) is 7.99. The van der Waals surface area contributed by atoms with Crippen molar-refractivity contribution in [3.8, 4) is 11.1 Å². The van der Waals surface area contributed by atoms with E-state index in [2.05, 4.69) is 0 Å². The number of hydrogen-bond donors (Lipinski definition) is 1. The third kappa shape index (κ3) is 4.36. The van der Waals surface area contributed by atoms with Gasteiger partial charge in [0.15, 0.2) is 9.84 Å². The Bertz CT molecular complexity index is 1100. The molecule has 0 spiro atoms. The molecule has 0 aliphatic carbocycles. The molecule has 3 aromatic rings. The van der Waals surface area contributed by atoms with Crippen LogP contribution in [0.2, 0.25) is 0 Å². The van der Waals surface area contributed by atoms with Gasteiger partial charge in [-0.15, -0.1) is 11.3 Å². The number of fused-ring (bicyclic) bond motifs is 1. The topological polar surface area (TPSA) is 86.5 Å². The van der Waals surface area contributed by atoms with E-state index in [-0.39, 0.29) is 22.5 Å². The van der Waals surface area contributed by atoms with Crippen LogP contribution >= 0.6 is 11.3 Å². The molecule has 0 aliphatic heterocycles. The number of aryl methyl sites for hydroxylation is 1. The molecule has 148 valence electrons. The van der Waals surface area contributed by atoms with Crippen LogP contribution in [0.1, 0.15) is 25.3 Å². The molecule has 2 aromatic carbocycles. The van der Waals surface area contributed by atoms with Gasteiger partial charge in [0.1, 0.15) is 4.21 Å². The second-order valence-electron chi connectivity index (χ2n) is 6.72. The molecule has 28 heavy (non-hydrogen) atoms. The van der Waals surface area contributed by atoms with Crippen LogP contribution in [0.4, 0.5) is 5.69 Å². The predicted octanol–water partition coefficient (Wildman–Crippen LogP) is 4.58. The Morgan fingerprint density at radius 2 is 1.86 bits per heavy atom. The lowest BCUT2D eigenvalue weighted by Gasteiger charge is -2.07. The first kappa shape index (κ1) is 20.4. The Labute approximate surface area is 169 Å². The molecule has 7 heteroatoms. The number of carbonyl (C=O) groups excluding carboxylic acids is 1. The Morgan fingerprint density at radius 1 is 1.14 bits per heavy atom. The molecule has 0 fully saturated rings. The number of rotatable bonds is 7. The highest BCUT2D eigenvalue weighted by atomic mass is 32.2. The van der Waals surface area contributed by atoms with Crippen molar-refractivity contribution in [1.29, 1.82) is 0 Å². The van der Waals surface area contributed by atoms with Crippen LogP contribution < -0.4 is 5.73 Å². The van der Waals surface area contributed by atoms with Crippen molar-refractivity contribution in [1.82, 2.24) is 0 Å². The summed E-state index contributed by atoms with van der Waals surface area (Å²) in [5, 5.41) is 0.792. The van der Waals surface area contributed by atoms with Crippen LogP contribution in [0.5, 0.6) is 0 Å². The SMILES string of the molecule is CC(=O)OCCCCS(=O)(=O)c1sc2cc(C)cc(-c3ccccc3)c2c1N. The number of carbonyl (C=O) groups is 1. The number of benzene rings is 2. The zero-order valence-electron chi connectivity index (χ0n) is 15.9. The fourth-order valence-electron chi connectivity index (χ4n) is 3.15. The summed E-state index contributed by atoms with van der Waals surface area (Å²) in [6, 6.07) is 13.8. The van der Waals surface area contributed by atoms with E-state index in [1.165, 1.54) is 18.3 Å². The normalized spacial score (nSPS) is 11.6. The molecule has 5 nitrogen and oxygen atoms in total. The summed E-state index contributed by atoms with van der Waals surface area (Å²) in [5.41, 5.74) is 9.67. The minimum Gasteiger partial charge on any atom is -0.466 e. The molecule has 0 amide bonds. The van der Waals surface area contributed by atoms with Gasteiger partial charge in [0.25, 0.3) is 0 Å². The van der Waals surface area contributed by atoms with Gasteiger partial charge in [-0.3, -0.25) is 4.79 Å². The number of sulfone groups is 1. The summed E-state index contributed by atoms with van der Waals surface area (Å²) in [7, 11) is -3.51. The Balaban J connectivity index is 1.95. The number of unbranched alkanes of at least 4 members (excludes halogenated alkanes) is 1. The average molecular weight is 418 g/mol. The van der Waals surface area contributed by atoms with Gasteiger partial charge in [-0.05, 0) is 42.5 Å². The van der Waals surface area contributed by atoms with Crippen molar-refractivity contribution in [2.45, 2.75) is 30.9 Å². The summed E-state index contributed by atoms with van der Waals surface area (Å²) in [4.78, 5) is 10.8. The lowest BCUT2D eigenvalue weighted by molar-refractivity contribution is -0.141. The molecule has 0 saturated heterocycles. The molecule has 0 bridgehead atoms. The first-order chi connectivity index (χ1) is 13.3. The van der Waals surface area contributed by atoms with E-state index in [0.29, 0.717) is 18.5 Å². The highest BCUT2D eigenvalue weighted by Crippen LogP contribution is 2.43. The number of nitrogen functional groups attached to an aromatic ring is 1. The molecular weight excluding hydrogens is 394 g/mol. The monoisotopic (exact) mass is 417 g/mol. The van der Waals surface area contributed by atoms with Crippen molar-refractivity contribution in [3.63, 3.8) is 0 Å². The van der Waals surface area contributed by atoms with E-state index >= 15 is 0 Å². The van der Waals surface area contributed by atoms with Crippen LogP contribution in [0.25, 0.3) is 21.2 Å². The van der Waals surface area contributed by atoms with Crippen molar-refractivity contribution in [2.75, 3.05) is 18.1 Å². The molecule has 1 heterocycles. The van der Waals surface area contributed by atoms with Crippen LogP contribution in [-0.2, 0) is 19.4 Å². The van der Waals surface area contributed by atoms with Crippen LogP contribution in [0.15, 0.2) is 46.7 Å². The van der Waals surface area contributed by atoms with Gasteiger partial charge in [0.05, 0.1) is 18.0 Å². The number of anilines is 1. The van der Waals surface area contributed by atoms with Gasteiger partial charge in [-0.1, -0.05) is 36.4 Å². The van der Waals surface area contributed by atoms with Gasteiger partial charge in [-0.25, -0.2) is 8.42 Å². The quantitative estimate of drug-likeness (QED) is 0.449. The van der Waals surface area contributed by atoms with Crippen LogP contribution in [0.3, 0.4) is 0 Å². The maximum Gasteiger partial charge on any atom is 0.302 e. The van der Waals surface area contributed by atoms with E-state index in [0.717, 1.165) is 26.8 Å². The smallest absolute Gasteiger partial charge is 0.302 e. The third-order valence-electron chi connectivity index (χ3n) is 4.42. The van der Waals surface area contributed by atoms with Crippen molar-refractivity contribution >= 4 is 42.9 Å². The summed E-state index contributed by atoms with van der Waals surface area (Å²) in [6.45, 7) is 3.55. The Morgan fingerprint density at radius 3 is 2.54 bits per heavy atom. The summed E-state index contributed by atoms with van der Waals surface area (Å²) < 4.78 is 31.7. The molecule has 2 N–H and O–H groups in total. The maximum atomic E-state index is 12.9. The molecule has 1 aromatic heterocycles. The minimum atomic E-state index is -3.51. The molecule has 0 radical (unpaired) electrons. The Kier molecular flexibility index (Phi) is 6.05. The fourth-order valence-corrected chi connectivity index (χ4v) is 6.36. The van der Waals surface area contributed by atoms with E-state index in [1.807, 2.05) is 49.4 Å². The van der Waals surface area contributed by atoms with E-state index in [4.69, 9.17) is 10.5 Å². The number of thiophene rings is 1. The maximum absolute atomic E-state index is 12.9. The molecule has 0 unspecified atom stereocenters. The highest BCUT2D eigenvalue weighted by Gasteiger charge is 2.24. The number of ether oxygens (including phenoxy) is 1. The van der Waals surface area contributed by atoms with Gasteiger partial charge in [-0.2, -0.15) is 0 Å². The average Bonchev–Trinajstić information content (AvgIpc) is 2.98.